The van der Waals surface area contributed by atoms with Crippen LogP contribution in [0.15, 0.2) is 28.7 Å². The van der Waals surface area contributed by atoms with Crippen LogP contribution in [0.5, 0.6) is 0 Å². The second-order valence-electron chi connectivity index (χ2n) is 3.82. The summed E-state index contributed by atoms with van der Waals surface area (Å²) >= 11 is 1.79. The number of nitrogens with one attached hydrogen (secondary N) is 1. The van der Waals surface area contributed by atoms with Crippen molar-refractivity contribution in [2.75, 3.05) is 6.26 Å². The lowest BCUT2D eigenvalue weighted by Crippen LogP contribution is -2.25. The maximum atomic E-state index is 5.68. The summed E-state index contributed by atoms with van der Waals surface area (Å²) in [4.78, 5) is 0. The number of hydrogen-bond acceptors (Lipinski definition) is 3. The van der Waals surface area contributed by atoms with E-state index in [-0.39, 0.29) is 0 Å². The van der Waals surface area contributed by atoms with Crippen LogP contribution in [0.1, 0.15) is 24.4 Å². The van der Waals surface area contributed by atoms with Gasteiger partial charge >= 0.3 is 0 Å². The Hall–Kier alpha value is -0.670. The molecule has 1 N–H and O–H groups in total. The number of furan rings is 1. The lowest BCUT2D eigenvalue weighted by Gasteiger charge is -2.09. The first kappa shape index (κ1) is 10.8. The van der Waals surface area contributed by atoms with E-state index in [1.165, 1.54) is 0 Å². The first-order valence-electron chi connectivity index (χ1n) is 5.33. The van der Waals surface area contributed by atoms with E-state index < -0.39 is 0 Å². The fourth-order valence-electron chi connectivity index (χ4n) is 1.77. The van der Waals surface area contributed by atoms with E-state index >= 15 is 0 Å². The first-order chi connectivity index (χ1) is 7.38. The van der Waals surface area contributed by atoms with Crippen LogP contribution in [0.25, 0.3) is 0 Å². The fourth-order valence-corrected chi connectivity index (χ4v) is 2.21. The molecule has 0 aromatic carbocycles. The van der Waals surface area contributed by atoms with Gasteiger partial charge in [-0.1, -0.05) is 12.2 Å². The molecule has 1 aromatic heterocycles. The largest absolute Gasteiger partial charge is 0.464 e. The molecule has 1 heterocycles. The average molecular weight is 223 g/mol. The van der Waals surface area contributed by atoms with E-state index in [0.717, 1.165) is 36.7 Å². The van der Waals surface area contributed by atoms with E-state index in [1.807, 2.05) is 0 Å². The van der Waals surface area contributed by atoms with E-state index in [1.54, 1.807) is 11.8 Å². The molecule has 2 rings (SSSR count). The van der Waals surface area contributed by atoms with Gasteiger partial charge in [-0.25, -0.2) is 0 Å². The van der Waals surface area contributed by atoms with Crippen molar-refractivity contribution in [3.05, 3.63) is 35.8 Å². The van der Waals surface area contributed by atoms with Gasteiger partial charge in [0.05, 0.1) is 12.3 Å². The predicted molar refractivity (Wildman–Crippen MR) is 64.9 cm³/mol. The standard InChI is InChI=1S/C12H17NOS/c1-15-9-12-7-6-11(14-12)8-13-10-4-2-3-5-10/h2-3,6-7,10,13H,4-5,8-9H2,1H3. The highest BCUT2D eigenvalue weighted by Gasteiger charge is 2.10. The third-order valence-electron chi connectivity index (χ3n) is 2.58. The lowest BCUT2D eigenvalue weighted by atomic mass is 10.2. The minimum Gasteiger partial charge on any atom is -0.464 e. The number of hydrogen-bond donors (Lipinski definition) is 1. The van der Waals surface area contributed by atoms with Crippen molar-refractivity contribution in [1.29, 1.82) is 0 Å². The molecule has 0 radical (unpaired) electrons. The summed E-state index contributed by atoms with van der Waals surface area (Å²) in [5, 5.41) is 3.49. The zero-order valence-electron chi connectivity index (χ0n) is 9.03. The third-order valence-corrected chi connectivity index (χ3v) is 3.15. The molecule has 15 heavy (non-hydrogen) atoms. The smallest absolute Gasteiger partial charge is 0.118 e. The molecule has 0 saturated heterocycles. The molecule has 1 aliphatic rings. The highest BCUT2D eigenvalue weighted by atomic mass is 32.2. The van der Waals surface area contributed by atoms with Crippen LogP contribution in [0.2, 0.25) is 0 Å². The highest BCUT2D eigenvalue weighted by Crippen LogP contribution is 2.15. The monoisotopic (exact) mass is 223 g/mol. The maximum absolute atomic E-state index is 5.68. The number of rotatable bonds is 5. The molecule has 2 nitrogen and oxygen atoms in total. The zero-order valence-corrected chi connectivity index (χ0v) is 9.85. The van der Waals surface area contributed by atoms with Crippen molar-refractivity contribution in [3.8, 4) is 0 Å². The van der Waals surface area contributed by atoms with E-state index in [4.69, 9.17) is 4.42 Å². The Morgan fingerprint density at radius 1 is 1.33 bits per heavy atom. The molecular formula is C12H17NOS. The van der Waals surface area contributed by atoms with Gasteiger partial charge in [0.15, 0.2) is 0 Å². The van der Waals surface area contributed by atoms with Gasteiger partial charge in [0.2, 0.25) is 0 Å². The molecule has 0 spiro atoms. The number of thioether (sulfide) groups is 1. The predicted octanol–water partition coefficient (Wildman–Crippen LogP) is 2.95. The van der Waals surface area contributed by atoms with Crippen molar-refractivity contribution in [2.45, 2.75) is 31.2 Å². The Morgan fingerprint density at radius 3 is 2.80 bits per heavy atom. The van der Waals surface area contributed by atoms with Crippen molar-refractivity contribution >= 4 is 11.8 Å². The molecule has 0 amide bonds. The summed E-state index contributed by atoms with van der Waals surface area (Å²) in [5.41, 5.74) is 0. The minimum absolute atomic E-state index is 0.610. The second kappa shape index (κ2) is 5.42. The summed E-state index contributed by atoms with van der Waals surface area (Å²) in [7, 11) is 0. The minimum atomic E-state index is 0.610. The fraction of sp³-hybridized carbons (Fsp3) is 0.500. The Bertz CT molecular complexity index is 324. The van der Waals surface area contributed by atoms with Gasteiger partial charge < -0.3 is 9.73 Å². The van der Waals surface area contributed by atoms with Crippen LogP contribution in [0.4, 0.5) is 0 Å². The van der Waals surface area contributed by atoms with Gasteiger partial charge in [0.25, 0.3) is 0 Å². The molecule has 0 aliphatic heterocycles. The summed E-state index contributed by atoms with van der Waals surface area (Å²) in [5.74, 6) is 3.08. The quantitative estimate of drug-likeness (QED) is 0.777. The van der Waals surface area contributed by atoms with Gasteiger partial charge in [0, 0.05) is 6.04 Å². The Labute approximate surface area is 95.1 Å². The third kappa shape index (κ3) is 3.14. The molecule has 3 heteroatoms. The summed E-state index contributed by atoms with van der Waals surface area (Å²) in [6.07, 6.45) is 8.86. The Balaban J connectivity index is 1.77. The van der Waals surface area contributed by atoms with Gasteiger partial charge in [-0.2, -0.15) is 11.8 Å². The molecule has 0 fully saturated rings. The SMILES string of the molecule is CSCc1ccc(CNC2CC=CC2)o1. The van der Waals surface area contributed by atoms with Crippen LogP contribution >= 0.6 is 11.8 Å². The van der Waals surface area contributed by atoms with Crippen molar-refractivity contribution in [2.24, 2.45) is 0 Å². The average Bonchev–Trinajstić information content (AvgIpc) is 2.85. The van der Waals surface area contributed by atoms with Gasteiger partial charge in [-0.3, -0.25) is 0 Å². The molecule has 0 bridgehead atoms. The zero-order chi connectivity index (χ0) is 10.5. The van der Waals surface area contributed by atoms with Crippen LogP contribution in [-0.2, 0) is 12.3 Å². The van der Waals surface area contributed by atoms with Crippen molar-refractivity contribution < 1.29 is 4.42 Å². The molecule has 1 aromatic rings. The van der Waals surface area contributed by atoms with Crippen LogP contribution < -0.4 is 5.32 Å². The van der Waals surface area contributed by atoms with E-state index in [0.29, 0.717) is 6.04 Å². The molecular weight excluding hydrogens is 206 g/mol. The van der Waals surface area contributed by atoms with Gasteiger partial charge in [0.1, 0.15) is 11.5 Å². The molecule has 1 aliphatic carbocycles. The topological polar surface area (TPSA) is 25.2 Å². The Kier molecular flexibility index (Phi) is 3.92. The van der Waals surface area contributed by atoms with Gasteiger partial charge in [-0.05, 0) is 31.2 Å². The molecule has 82 valence electrons. The maximum Gasteiger partial charge on any atom is 0.118 e. The summed E-state index contributed by atoms with van der Waals surface area (Å²) in [6, 6.07) is 4.75. The van der Waals surface area contributed by atoms with Crippen LogP contribution in [0.3, 0.4) is 0 Å². The van der Waals surface area contributed by atoms with Crippen LogP contribution in [-0.4, -0.2) is 12.3 Å². The molecule has 0 unspecified atom stereocenters. The lowest BCUT2D eigenvalue weighted by molar-refractivity contribution is 0.435. The molecule has 0 atom stereocenters. The van der Waals surface area contributed by atoms with E-state index in [9.17, 15) is 0 Å². The van der Waals surface area contributed by atoms with Crippen LogP contribution in [0, 0.1) is 0 Å². The normalized spacial score (nSPS) is 16.3. The highest BCUT2D eigenvalue weighted by molar-refractivity contribution is 7.97. The van der Waals surface area contributed by atoms with Crippen molar-refractivity contribution in [1.82, 2.24) is 5.32 Å². The van der Waals surface area contributed by atoms with Crippen molar-refractivity contribution in [3.63, 3.8) is 0 Å². The summed E-state index contributed by atoms with van der Waals surface area (Å²) in [6.45, 7) is 0.848. The van der Waals surface area contributed by atoms with Gasteiger partial charge in [-0.15, -0.1) is 0 Å². The Morgan fingerprint density at radius 2 is 2.07 bits per heavy atom. The van der Waals surface area contributed by atoms with E-state index in [2.05, 4.69) is 35.9 Å². The second-order valence-corrected chi connectivity index (χ2v) is 4.69. The first-order valence-corrected chi connectivity index (χ1v) is 6.73. The molecule has 0 saturated carbocycles. The summed E-state index contributed by atoms with van der Waals surface area (Å²) < 4.78 is 5.68.